The quantitative estimate of drug-likeness (QED) is 0.594. The van der Waals surface area contributed by atoms with Crippen molar-refractivity contribution in [3.05, 3.63) is 46.3 Å². The van der Waals surface area contributed by atoms with E-state index in [9.17, 15) is 4.39 Å². The molecule has 0 atom stereocenters. The Labute approximate surface area is 164 Å². The lowest BCUT2D eigenvalue weighted by Gasteiger charge is -2.27. The maximum Gasteiger partial charge on any atom is 0.232 e. The Balaban J connectivity index is 1.96. The third kappa shape index (κ3) is 5.66. The third-order valence-electron chi connectivity index (χ3n) is 4.11. The van der Waals surface area contributed by atoms with Crippen molar-refractivity contribution in [2.75, 3.05) is 13.6 Å². The highest BCUT2D eigenvalue weighted by Gasteiger charge is 2.24. The molecule has 2 N–H and O–H groups in total. The number of rotatable bonds is 5. The van der Waals surface area contributed by atoms with Crippen molar-refractivity contribution in [3.8, 4) is 0 Å². The summed E-state index contributed by atoms with van der Waals surface area (Å²) < 4.78 is 18.6. The number of aliphatic imine (C=N–C) groups is 1. The van der Waals surface area contributed by atoms with E-state index < -0.39 is 0 Å². The van der Waals surface area contributed by atoms with Gasteiger partial charge in [0.1, 0.15) is 5.82 Å². The summed E-state index contributed by atoms with van der Waals surface area (Å²) in [5, 5.41) is 10.8. The first-order valence-corrected chi connectivity index (χ1v) is 9.14. The normalized spacial score (nSPS) is 13.0. The average molecular weight is 396 g/mol. The van der Waals surface area contributed by atoms with Gasteiger partial charge in [0.25, 0.3) is 0 Å². The van der Waals surface area contributed by atoms with Crippen molar-refractivity contribution in [2.45, 2.75) is 52.0 Å². The fourth-order valence-corrected chi connectivity index (χ4v) is 2.88. The van der Waals surface area contributed by atoms with E-state index in [1.807, 2.05) is 34.6 Å². The SMILES string of the molecule is CN=C(NCc1noc(C(C)(C)C)n1)NCC(C)(C)c1ccc(F)cc1Cl. The number of nitrogens with zero attached hydrogens (tertiary/aromatic N) is 3. The van der Waals surface area contributed by atoms with Crippen molar-refractivity contribution in [3.63, 3.8) is 0 Å². The standard InChI is InChI=1S/C19H27ClFN5O/c1-18(2,3)16-25-15(26-27-16)10-23-17(22-6)24-11-19(4,5)13-8-7-12(21)9-14(13)20/h7-9H,10-11H2,1-6H3,(H2,22,23,24). The molecule has 0 unspecified atom stereocenters. The van der Waals surface area contributed by atoms with Crippen LogP contribution in [0.4, 0.5) is 4.39 Å². The van der Waals surface area contributed by atoms with E-state index in [1.54, 1.807) is 13.1 Å². The Morgan fingerprint density at radius 1 is 1.22 bits per heavy atom. The molecule has 1 aromatic carbocycles. The number of guanidine groups is 1. The van der Waals surface area contributed by atoms with E-state index in [4.69, 9.17) is 16.1 Å². The van der Waals surface area contributed by atoms with Gasteiger partial charge in [-0.1, -0.05) is 57.4 Å². The van der Waals surface area contributed by atoms with Gasteiger partial charge >= 0.3 is 0 Å². The maximum atomic E-state index is 13.3. The van der Waals surface area contributed by atoms with Crippen molar-refractivity contribution in [1.82, 2.24) is 20.8 Å². The van der Waals surface area contributed by atoms with Gasteiger partial charge in [-0.2, -0.15) is 4.98 Å². The van der Waals surface area contributed by atoms with Crippen molar-refractivity contribution in [1.29, 1.82) is 0 Å². The topological polar surface area (TPSA) is 75.3 Å². The average Bonchev–Trinajstić information content (AvgIpc) is 3.04. The molecule has 0 aliphatic heterocycles. The zero-order valence-corrected chi connectivity index (χ0v) is 17.4. The van der Waals surface area contributed by atoms with Crippen molar-refractivity contribution in [2.24, 2.45) is 4.99 Å². The third-order valence-corrected chi connectivity index (χ3v) is 4.42. The molecule has 0 radical (unpaired) electrons. The van der Waals surface area contributed by atoms with Crippen LogP contribution in [-0.4, -0.2) is 29.7 Å². The second-order valence-electron chi connectivity index (χ2n) is 8.05. The highest BCUT2D eigenvalue weighted by Crippen LogP contribution is 2.29. The minimum absolute atomic E-state index is 0.191. The van der Waals surface area contributed by atoms with Crippen LogP contribution in [0, 0.1) is 5.82 Å². The molecule has 0 amide bonds. The van der Waals surface area contributed by atoms with Crippen LogP contribution < -0.4 is 10.6 Å². The summed E-state index contributed by atoms with van der Waals surface area (Å²) in [5.74, 6) is 1.40. The summed E-state index contributed by atoms with van der Waals surface area (Å²) in [6, 6.07) is 4.46. The largest absolute Gasteiger partial charge is 0.356 e. The zero-order chi connectivity index (χ0) is 20.2. The Morgan fingerprint density at radius 2 is 1.93 bits per heavy atom. The Bertz CT molecular complexity index is 811. The van der Waals surface area contributed by atoms with Gasteiger partial charge in [0.15, 0.2) is 11.8 Å². The van der Waals surface area contributed by atoms with Crippen LogP contribution in [0.5, 0.6) is 0 Å². The van der Waals surface area contributed by atoms with Crippen molar-refractivity contribution < 1.29 is 8.91 Å². The lowest BCUT2D eigenvalue weighted by Crippen LogP contribution is -2.43. The maximum absolute atomic E-state index is 13.3. The zero-order valence-electron chi connectivity index (χ0n) is 16.7. The van der Waals surface area contributed by atoms with Crippen LogP contribution in [0.1, 0.15) is 51.9 Å². The lowest BCUT2D eigenvalue weighted by atomic mass is 9.84. The van der Waals surface area contributed by atoms with Gasteiger partial charge < -0.3 is 15.2 Å². The van der Waals surface area contributed by atoms with Gasteiger partial charge in [-0.25, -0.2) is 4.39 Å². The molecule has 0 aliphatic rings. The molecule has 6 nitrogen and oxygen atoms in total. The molecule has 0 saturated heterocycles. The highest BCUT2D eigenvalue weighted by molar-refractivity contribution is 6.31. The first kappa shape index (κ1) is 21.2. The van der Waals surface area contributed by atoms with E-state index in [2.05, 4.69) is 25.8 Å². The number of benzene rings is 1. The summed E-state index contributed by atoms with van der Waals surface area (Å²) in [6.45, 7) is 11.0. The minimum atomic E-state index is -0.347. The van der Waals surface area contributed by atoms with Gasteiger partial charge in [0.2, 0.25) is 5.89 Å². The molecule has 0 saturated carbocycles. The number of hydrogen-bond acceptors (Lipinski definition) is 4. The second kappa shape index (κ2) is 8.25. The van der Waals surface area contributed by atoms with E-state index in [0.29, 0.717) is 35.8 Å². The van der Waals surface area contributed by atoms with E-state index in [-0.39, 0.29) is 16.6 Å². The molecule has 0 spiro atoms. The molecule has 0 bridgehead atoms. The molecule has 2 aromatic rings. The number of nitrogens with one attached hydrogen (secondary N) is 2. The van der Waals surface area contributed by atoms with Crippen LogP contribution in [-0.2, 0) is 17.4 Å². The molecule has 148 valence electrons. The van der Waals surface area contributed by atoms with E-state index >= 15 is 0 Å². The first-order chi connectivity index (χ1) is 12.5. The summed E-state index contributed by atoms with van der Waals surface area (Å²) in [6.07, 6.45) is 0. The summed E-state index contributed by atoms with van der Waals surface area (Å²) in [5.41, 5.74) is 0.346. The number of hydrogen-bond donors (Lipinski definition) is 2. The van der Waals surface area contributed by atoms with Crippen LogP contribution in [0.25, 0.3) is 0 Å². The first-order valence-electron chi connectivity index (χ1n) is 8.76. The van der Waals surface area contributed by atoms with E-state index in [0.717, 1.165) is 5.56 Å². The monoisotopic (exact) mass is 395 g/mol. The second-order valence-corrected chi connectivity index (χ2v) is 8.46. The predicted octanol–water partition coefficient (Wildman–Crippen LogP) is 3.80. The van der Waals surface area contributed by atoms with Crippen LogP contribution in [0.2, 0.25) is 5.02 Å². The van der Waals surface area contributed by atoms with Crippen LogP contribution in [0.15, 0.2) is 27.7 Å². The number of halogens is 2. The molecular weight excluding hydrogens is 369 g/mol. The Kier molecular flexibility index (Phi) is 6.46. The van der Waals surface area contributed by atoms with Crippen LogP contribution in [0.3, 0.4) is 0 Å². The molecular formula is C19H27ClFN5O. The summed E-state index contributed by atoms with van der Waals surface area (Å²) >= 11 is 6.20. The fraction of sp³-hybridized carbons (Fsp3) is 0.526. The van der Waals surface area contributed by atoms with Gasteiger partial charge in [-0.15, -0.1) is 0 Å². The van der Waals surface area contributed by atoms with Gasteiger partial charge in [0, 0.05) is 29.4 Å². The van der Waals surface area contributed by atoms with E-state index in [1.165, 1.54) is 12.1 Å². The van der Waals surface area contributed by atoms with Crippen LogP contribution >= 0.6 is 11.6 Å². The molecule has 0 fully saturated rings. The molecule has 27 heavy (non-hydrogen) atoms. The molecule has 8 heteroatoms. The molecule has 2 rings (SSSR count). The Hall–Kier alpha value is -2.15. The minimum Gasteiger partial charge on any atom is -0.356 e. The Morgan fingerprint density at radius 3 is 2.48 bits per heavy atom. The number of aromatic nitrogens is 2. The molecule has 1 heterocycles. The van der Waals surface area contributed by atoms with Gasteiger partial charge in [0.05, 0.1) is 6.54 Å². The van der Waals surface area contributed by atoms with Gasteiger partial charge in [-0.05, 0) is 17.7 Å². The summed E-state index contributed by atoms with van der Waals surface area (Å²) in [4.78, 5) is 8.60. The lowest BCUT2D eigenvalue weighted by molar-refractivity contribution is 0.318. The van der Waals surface area contributed by atoms with Crippen molar-refractivity contribution >= 4 is 17.6 Å². The summed E-state index contributed by atoms with van der Waals surface area (Å²) in [7, 11) is 1.68. The predicted molar refractivity (Wildman–Crippen MR) is 106 cm³/mol. The molecule has 0 aliphatic carbocycles. The van der Waals surface area contributed by atoms with Gasteiger partial charge in [-0.3, -0.25) is 4.99 Å². The fourth-order valence-electron chi connectivity index (χ4n) is 2.45. The smallest absolute Gasteiger partial charge is 0.232 e. The molecule has 1 aromatic heterocycles. The highest BCUT2D eigenvalue weighted by atomic mass is 35.5.